The summed E-state index contributed by atoms with van der Waals surface area (Å²) >= 11 is 0. The number of benzene rings is 2. The van der Waals surface area contributed by atoms with Gasteiger partial charge in [0.25, 0.3) is 0 Å². The fourth-order valence-corrected chi connectivity index (χ4v) is 8.48. The predicted octanol–water partition coefficient (Wildman–Crippen LogP) is 17.0. The molecule has 0 bridgehead atoms. The summed E-state index contributed by atoms with van der Waals surface area (Å²) in [6, 6.07) is 11.2. The van der Waals surface area contributed by atoms with Crippen LogP contribution in [0.2, 0.25) is 0 Å². The lowest BCUT2D eigenvalue weighted by Gasteiger charge is -2.25. The van der Waals surface area contributed by atoms with E-state index in [1.807, 2.05) is 0 Å². The van der Waals surface area contributed by atoms with Crippen LogP contribution in [0.15, 0.2) is 30.3 Å². The second-order valence-corrected chi connectivity index (χ2v) is 16.2. The Morgan fingerprint density at radius 2 is 0.647 bits per heavy atom. The highest BCUT2D eigenvalue weighted by Gasteiger charge is 2.23. The van der Waals surface area contributed by atoms with Crippen molar-refractivity contribution in [3.8, 4) is 16.9 Å². The molecule has 292 valence electrons. The minimum Gasteiger partial charge on any atom is -0.507 e. The van der Waals surface area contributed by atoms with Crippen LogP contribution in [-0.4, -0.2) is 5.11 Å². The van der Waals surface area contributed by atoms with Crippen molar-refractivity contribution in [2.75, 3.05) is 0 Å². The molecule has 2 rings (SSSR count). The first-order valence-electron chi connectivity index (χ1n) is 23.1. The number of hydrogen-bond acceptors (Lipinski definition) is 1. The molecule has 0 heterocycles. The number of rotatable bonds is 35. The summed E-state index contributed by atoms with van der Waals surface area (Å²) in [4.78, 5) is 0. The first-order chi connectivity index (χ1) is 25.2. The van der Waals surface area contributed by atoms with Crippen LogP contribution in [-0.2, 0) is 25.7 Å². The van der Waals surface area contributed by atoms with Crippen LogP contribution in [0, 0.1) is 0 Å². The monoisotopic (exact) mass is 703 g/mol. The molecule has 0 spiro atoms. The van der Waals surface area contributed by atoms with Crippen molar-refractivity contribution in [3.05, 3.63) is 52.6 Å². The lowest BCUT2D eigenvalue weighted by molar-refractivity contribution is 0.457. The van der Waals surface area contributed by atoms with Gasteiger partial charge in [0, 0.05) is 5.56 Å². The maximum absolute atomic E-state index is 12.0. The van der Waals surface area contributed by atoms with Crippen LogP contribution in [0.1, 0.15) is 243 Å². The molecule has 1 heteroatoms. The summed E-state index contributed by atoms with van der Waals surface area (Å²) < 4.78 is 0. The minimum absolute atomic E-state index is 0.634. The highest BCUT2D eigenvalue weighted by Crippen LogP contribution is 2.42. The molecule has 0 saturated heterocycles. The van der Waals surface area contributed by atoms with Gasteiger partial charge in [-0.1, -0.05) is 231 Å². The van der Waals surface area contributed by atoms with Crippen molar-refractivity contribution in [2.24, 2.45) is 0 Å². The fourth-order valence-electron chi connectivity index (χ4n) is 8.48. The average molecular weight is 703 g/mol. The first kappa shape index (κ1) is 45.4. The van der Waals surface area contributed by atoms with Gasteiger partial charge in [0.05, 0.1) is 0 Å². The third-order valence-corrected chi connectivity index (χ3v) is 11.7. The van der Waals surface area contributed by atoms with Crippen molar-refractivity contribution in [3.63, 3.8) is 0 Å². The number of phenols is 1. The van der Waals surface area contributed by atoms with Gasteiger partial charge < -0.3 is 5.11 Å². The Balaban J connectivity index is 2.04. The Bertz CT molecular complexity index is 1070. The van der Waals surface area contributed by atoms with Gasteiger partial charge in [-0.3, -0.25) is 0 Å². The van der Waals surface area contributed by atoms with E-state index in [0.717, 1.165) is 25.7 Å². The molecule has 0 amide bonds. The van der Waals surface area contributed by atoms with Crippen LogP contribution in [0.3, 0.4) is 0 Å². The Morgan fingerprint density at radius 3 is 1.02 bits per heavy atom. The van der Waals surface area contributed by atoms with E-state index in [1.165, 1.54) is 220 Å². The summed E-state index contributed by atoms with van der Waals surface area (Å²) in [6.45, 7) is 9.19. The van der Waals surface area contributed by atoms with Gasteiger partial charge in [0.1, 0.15) is 5.75 Å². The zero-order valence-corrected chi connectivity index (χ0v) is 34.9. The third kappa shape index (κ3) is 19.8. The number of aromatic hydroxyl groups is 1. The molecular weight excluding hydrogens is 617 g/mol. The van der Waals surface area contributed by atoms with Gasteiger partial charge in [0.2, 0.25) is 0 Å². The van der Waals surface area contributed by atoms with Crippen molar-refractivity contribution in [2.45, 2.75) is 246 Å². The maximum Gasteiger partial charge on any atom is 0.122 e. The molecule has 0 aromatic heterocycles. The van der Waals surface area contributed by atoms with Gasteiger partial charge in [-0.2, -0.15) is 0 Å². The number of hydrogen-bond donors (Lipinski definition) is 1. The molecule has 0 saturated carbocycles. The van der Waals surface area contributed by atoms with Gasteiger partial charge in [0.15, 0.2) is 0 Å². The molecule has 1 N–H and O–H groups in total. The fraction of sp³-hybridized carbons (Fsp3) is 0.760. The van der Waals surface area contributed by atoms with E-state index in [1.54, 1.807) is 5.56 Å². The van der Waals surface area contributed by atoms with E-state index < -0.39 is 0 Å². The van der Waals surface area contributed by atoms with Crippen LogP contribution in [0.25, 0.3) is 11.1 Å². The van der Waals surface area contributed by atoms with Gasteiger partial charge >= 0.3 is 0 Å². The SMILES string of the molecule is CCCCCCCCCCCCCCCc1c(O)c(CC)c(CCCCCC)c(CCCCCCCCCCCCCCC)c1-c1ccccc1. The Hall–Kier alpha value is -1.76. The average Bonchev–Trinajstić information content (AvgIpc) is 3.15. The van der Waals surface area contributed by atoms with E-state index in [0.29, 0.717) is 5.75 Å². The molecule has 0 aliphatic rings. The smallest absolute Gasteiger partial charge is 0.122 e. The first-order valence-corrected chi connectivity index (χ1v) is 23.1. The summed E-state index contributed by atoms with van der Waals surface area (Å²) in [5.74, 6) is 0.634. The van der Waals surface area contributed by atoms with Crippen molar-refractivity contribution in [1.29, 1.82) is 0 Å². The van der Waals surface area contributed by atoms with Crippen LogP contribution >= 0.6 is 0 Å². The van der Waals surface area contributed by atoms with Crippen LogP contribution in [0.5, 0.6) is 5.75 Å². The van der Waals surface area contributed by atoms with Crippen molar-refractivity contribution < 1.29 is 5.11 Å². The second-order valence-electron chi connectivity index (χ2n) is 16.2. The standard InChI is InChI=1S/C50H86O/c1-5-9-12-15-17-19-21-23-25-27-29-31-37-42-47-46(41-36-14-11-7-3)45(8-4)50(51)48(49(47)44-39-34-33-35-40-44)43-38-32-30-28-26-24-22-20-18-16-13-10-6-2/h33-35,39-40,51H,5-32,36-38,41-43H2,1-4H3. The Labute approximate surface area is 319 Å². The molecule has 0 radical (unpaired) electrons. The van der Waals surface area contributed by atoms with Crippen molar-refractivity contribution in [1.82, 2.24) is 0 Å². The topological polar surface area (TPSA) is 20.2 Å². The summed E-state index contributed by atoms with van der Waals surface area (Å²) in [7, 11) is 0. The van der Waals surface area contributed by atoms with Crippen molar-refractivity contribution >= 4 is 0 Å². The normalized spacial score (nSPS) is 11.5. The van der Waals surface area contributed by atoms with E-state index in [9.17, 15) is 5.11 Å². The number of phenolic OH excluding ortho intramolecular Hbond substituents is 1. The quantitative estimate of drug-likeness (QED) is 0.0709. The van der Waals surface area contributed by atoms with E-state index >= 15 is 0 Å². The Kier molecular flexibility index (Phi) is 28.3. The van der Waals surface area contributed by atoms with Gasteiger partial charge in [-0.05, 0) is 72.8 Å². The summed E-state index contributed by atoms with van der Waals surface area (Å²) in [5, 5.41) is 12.0. The maximum atomic E-state index is 12.0. The molecule has 2 aromatic carbocycles. The lowest BCUT2D eigenvalue weighted by atomic mass is 9.80. The zero-order chi connectivity index (χ0) is 36.6. The molecule has 0 aliphatic carbocycles. The highest BCUT2D eigenvalue weighted by atomic mass is 16.3. The summed E-state index contributed by atoms with van der Waals surface area (Å²) in [6.07, 6.45) is 45.3. The predicted molar refractivity (Wildman–Crippen MR) is 230 cm³/mol. The molecule has 1 nitrogen and oxygen atoms in total. The minimum atomic E-state index is 0.634. The molecule has 2 aromatic rings. The second kappa shape index (κ2) is 31.7. The van der Waals surface area contributed by atoms with E-state index in [-0.39, 0.29) is 0 Å². The molecule has 0 aliphatic heterocycles. The molecule has 0 atom stereocenters. The van der Waals surface area contributed by atoms with Gasteiger partial charge in [-0.15, -0.1) is 0 Å². The van der Waals surface area contributed by atoms with Crippen LogP contribution in [0.4, 0.5) is 0 Å². The molecule has 0 unspecified atom stereocenters. The molecule has 0 fully saturated rings. The third-order valence-electron chi connectivity index (χ3n) is 11.7. The van der Waals surface area contributed by atoms with E-state index in [2.05, 4.69) is 58.0 Å². The lowest BCUT2D eigenvalue weighted by Crippen LogP contribution is -2.08. The summed E-state index contributed by atoms with van der Waals surface area (Å²) in [5.41, 5.74) is 8.31. The number of unbranched alkanes of at least 4 members (excludes halogenated alkanes) is 27. The largest absolute Gasteiger partial charge is 0.507 e. The Morgan fingerprint density at radius 1 is 0.333 bits per heavy atom. The van der Waals surface area contributed by atoms with Crippen LogP contribution < -0.4 is 0 Å². The van der Waals surface area contributed by atoms with E-state index in [4.69, 9.17) is 0 Å². The molecule has 51 heavy (non-hydrogen) atoms. The zero-order valence-electron chi connectivity index (χ0n) is 34.9. The molecular formula is C50H86O. The highest BCUT2D eigenvalue weighted by molar-refractivity contribution is 5.77. The van der Waals surface area contributed by atoms with Gasteiger partial charge in [-0.25, -0.2) is 0 Å².